The van der Waals surface area contributed by atoms with Gasteiger partial charge in [-0.2, -0.15) is 0 Å². The quantitative estimate of drug-likeness (QED) is 0.659. The second kappa shape index (κ2) is 8.26. The molecule has 0 amide bonds. The number of anilines is 2. The molecule has 1 aromatic carbocycles. The van der Waals surface area contributed by atoms with Gasteiger partial charge in [0.05, 0.1) is 31.8 Å². The normalized spacial score (nSPS) is 16.9. The van der Waals surface area contributed by atoms with Crippen molar-refractivity contribution in [3.05, 3.63) is 40.5 Å². The maximum atomic E-state index is 5.57. The molecular formula is C22H26N4O2S. The number of hydrogen-bond acceptors (Lipinski definition) is 7. The molecule has 3 aromatic rings. The first-order chi connectivity index (χ1) is 14.3. The van der Waals surface area contributed by atoms with Gasteiger partial charge in [-0.25, -0.2) is 9.97 Å². The predicted molar refractivity (Wildman–Crippen MR) is 116 cm³/mol. The molecule has 1 aliphatic carbocycles. The molecule has 29 heavy (non-hydrogen) atoms. The van der Waals surface area contributed by atoms with Crippen LogP contribution in [0.5, 0.6) is 5.75 Å². The maximum absolute atomic E-state index is 5.57. The summed E-state index contributed by atoms with van der Waals surface area (Å²) in [4.78, 5) is 14.9. The zero-order valence-corrected chi connectivity index (χ0v) is 17.6. The Morgan fingerprint density at radius 3 is 2.76 bits per heavy atom. The first-order valence-electron chi connectivity index (χ1n) is 10.4. The topological polar surface area (TPSA) is 59.5 Å². The van der Waals surface area contributed by atoms with E-state index in [-0.39, 0.29) is 0 Å². The lowest BCUT2D eigenvalue weighted by molar-refractivity contribution is 0.0331. The predicted octanol–water partition coefficient (Wildman–Crippen LogP) is 4.15. The van der Waals surface area contributed by atoms with Crippen molar-refractivity contribution in [2.45, 2.75) is 32.7 Å². The van der Waals surface area contributed by atoms with Crippen LogP contribution in [0, 0.1) is 0 Å². The fourth-order valence-electron chi connectivity index (χ4n) is 4.10. The van der Waals surface area contributed by atoms with Crippen LogP contribution in [0.1, 0.15) is 29.6 Å². The van der Waals surface area contributed by atoms with Crippen LogP contribution in [-0.2, 0) is 24.1 Å². The van der Waals surface area contributed by atoms with Crippen molar-refractivity contribution < 1.29 is 9.47 Å². The number of aromatic nitrogens is 2. The highest BCUT2D eigenvalue weighted by Crippen LogP contribution is 2.40. The Morgan fingerprint density at radius 2 is 1.97 bits per heavy atom. The second-order valence-corrected chi connectivity index (χ2v) is 8.58. The third-order valence-electron chi connectivity index (χ3n) is 5.51. The molecule has 0 spiro atoms. The molecule has 3 heterocycles. The third-order valence-corrected chi connectivity index (χ3v) is 6.69. The second-order valence-electron chi connectivity index (χ2n) is 7.50. The summed E-state index contributed by atoms with van der Waals surface area (Å²) in [6.45, 7) is 6.87. The van der Waals surface area contributed by atoms with Gasteiger partial charge in [-0.15, -0.1) is 11.3 Å². The van der Waals surface area contributed by atoms with Crippen molar-refractivity contribution >= 4 is 33.1 Å². The molecule has 2 aromatic heterocycles. The van der Waals surface area contributed by atoms with E-state index in [4.69, 9.17) is 19.4 Å². The number of thiophene rings is 1. The molecule has 2 aliphatic rings. The number of rotatable bonds is 6. The van der Waals surface area contributed by atoms with Crippen LogP contribution in [0.15, 0.2) is 24.3 Å². The van der Waals surface area contributed by atoms with E-state index in [1.165, 1.54) is 22.2 Å². The van der Waals surface area contributed by atoms with Crippen molar-refractivity contribution in [3.8, 4) is 5.75 Å². The maximum Gasteiger partial charge on any atom is 0.146 e. The molecule has 152 valence electrons. The van der Waals surface area contributed by atoms with E-state index in [1.807, 2.05) is 42.5 Å². The minimum absolute atomic E-state index is 0.672. The number of morpholine rings is 1. The standard InChI is InChI=1S/C22H26N4O2S/c1-2-28-16-8-6-15(7-9-16)23-21-20-17-4-3-5-18(17)29-22(20)25-19(24-21)14-26-10-12-27-13-11-26/h6-9H,2-5,10-14H2,1H3,(H,23,24,25). The van der Waals surface area contributed by atoms with Crippen LogP contribution in [0.3, 0.4) is 0 Å². The van der Waals surface area contributed by atoms with Gasteiger partial charge in [-0.1, -0.05) is 0 Å². The molecule has 0 radical (unpaired) electrons. The van der Waals surface area contributed by atoms with Gasteiger partial charge in [-0.3, -0.25) is 4.90 Å². The number of fused-ring (bicyclic) bond motifs is 3. The van der Waals surface area contributed by atoms with Gasteiger partial charge in [-0.05, 0) is 56.0 Å². The van der Waals surface area contributed by atoms with E-state index in [9.17, 15) is 0 Å². The summed E-state index contributed by atoms with van der Waals surface area (Å²) in [6.07, 6.45) is 3.52. The molecule has 0 unspecified atom stereocenters. The monoisotopic (exact) mass is 410 g/mol. The Morgan fingerprint density at radius 1 is 1.14 bits per heavy atom. The molecule has 6 nitrogen and oxygen atoms in total. The summed E-state index contributed by atoms with van der Waals surface area (Å²) in [6, 6.07) is 8.09. The Hall–Kier alpha value is -2.22. The van der Waals surface area contributed by atoms with E-state index in [2.05, 4.69) is 10.2 Å². The van der Waals surface area contributed by atoms with Gasteiger partial charge >= 0.3 is 0 Å². The zero-order valence-electron chi connectivity index (χ0n) is 16.7. The summed E-state index contributed by atoms with van der Waals surface area (Å²) in [5.74, 6) is 2.70. The molecule has 0 bridgehead atoms. The van der Waals surface area contributed by atoms with Crippen molar-refractivity contribution in [1.29, 1.82) is 0 Å². The Bertz CT molecular complexity index is 996. The molecule has 5 rings (SSSR count). The van der Waals surface area contributed by atoms with Crippen LogP contribution in [0.2, 0.25) is 0 Å². The van der Waals surface area contributed by atoms with E-state index < -0.39 is 0 Å². The largest absolute Gasteiger partial charge is 0.494 e. The van der Waals surface area contributed by atoms with Crippen LogP contribution in [-0.4, -0.2) is 47.8 Å². The van der Waals surface area contributed by atoms with Crippen LogP contribution in [0.4, 0.5) is 11.5 Å². The van der Waals surface area contributed by atoms with Gasteiger partial charge in [0.25, 0.3) is 0 Å². The number of benzene rings is 1. The lowest BCUT2D eigenvalue weighted by atomic mass is 10.2. The molecule has 1 aliphatic heterocycles. The minimum Gasteiger partial charge on any atom is -0.494 e. The van der Waals surface area contributed by atoms with Gasteiger partial charge in [0.2, 0.25) is 0 Å². The van der Waals surface area contributed by atoms with Gasteiger partial charge in [0.15, 0.2) is 0 Å². The average molecular weight is 411 g/mol. The van der Waals surface area contributed by atoms with Gasteiger partial charge in [0, 0.05) is 23.7 Å². The third kappa shape index (κ3) is 3.95. The molecule has 0 saturated carbocycles. The highest BCUT2D eigenvalue weighted by atomic mass is 32.1. The molecular weight excluding hydrogens is 384 g/mol. The summed E-state index contributed by atoms with van der Waals surface area (Å²) >= 11 is 1.84. The van der Waals surface area contributed by atoms with Crippen LogP contribution >= 0.6 is 11.3 Å². The fraction of sp³-hybridized carbons (Fsp3) is 0.455. The van der Waals surface area contributed by atoms with Crippen molar-refractivity contribution in [2.75, 3.05) is 38.2 Å². The number of aryl methyl sites for hydroxylation is 2. The van der Waals surface area contributed by atoms with Gasteiger partial charge in [0.1, 0.15) is 22.2 Å². The van der Waals surface area contributed by atoms with Gasteiger partial charge < -0.3 is 14.8 Å². The van der Waals surface area contributed by atoms with E-state index in [0.717, 1.165) is 73.6 Å². The number of hydrogen-bond donors (Lipinski definition) is 1. The SMILES string of the molecule is CCOc1ccc(Nc2nc(CN3CCOCC3)nc3sc4c(c23)CCC4)cc1. The summed E-state index contributed by atoms with van der Waals surface area (Å²) in [5.41, 5.74) is 2.46. The first-order valence-corrected chi connectivity index (χ1v) is 11.2. The molecule has 0 atom stereocenters. The Kier molecular flexibility index (Phi) is 5.35. The van der Waals surface area contributed by atoms with Crippen LogP contribution in [0.25, 0.3) is 10.2 Å². The fourth-order valence-corrected chi connectivity index (χ4v) is 5.38. The number of nitrogens with one attached hydrogen (secondary N) is 1. The Balaban J connectivity index is 1.49. The van der Waals surface area contributed by atoms with Crippen molar-refractivity contribution in [1.82, 2.24) is 14.9 Å². The zero-order chi connectivity index (χ0) is 19.6. The lowest BCUT2D eigenvalue weighted by Crippen LogP contribution is -2.36. The molecule has 1 N–H and O–H groups in total. The first kappa shape index (κ1) is 18.8. The highest BCUT2D eigenvalue weighted by molar-refractivity contribution is 7.19. The average Bonchev–Trinajstić information content (AvgIpc) is 3.31. The summed E-state index contributed by atoms with van der Waals surface area (Å²) < 4.78 is 11.0. The Labute approximate surface area is 174 Å². The number of nitrogens with zero attached hydrogens (tertiary/aromatic N) is 3. The van der Waals surface area contributed by atoms with E-state index in [0.29, 0.717) is 6.61 Å². The van der Waals surface area contributed by atoms with Crippen LogP contribution < -0.4 is 10.1 Å². The molecule has 1 saturated heterocycles. The van der Waals surface area contributed by atoms with E-state index >= 15 is 0 Å². The molecule has 1 fully saturated rings. The lowest BCUT2D eigenvalue weighted by Gasteiger charge is -2.25. The highest BCUT2D eigenvalue weighted by Gasteiger charge is 2.23. The summed E-state index contributed by atoms with van der Waals surface area (Å²) in [7, 11) is 0. The van der Waals surface area contributed by atoms with E-state index in [1.54, 1.807) is 0 Å². The summed E-state index contributed by atoms with van der Waals surface area (Å²) in [5, 5.41) is 4.78. The number of ether oxygens (including phenoxy) is 2. The smallest absolute Gasteiger partial charge is 0.146 e. The van der Waals surface area contributed by atoms with Crippen molar-refractivity contribution in [2.24, 2.45) is 0 Å². The molecule has 7 heteroatoms. The minimum atomic E-state index is 0.672. The van der Waals surface area contributed by atoms with Crippen molar-refractivity contribution in [3.63, 3.8) is 0 Å².